The van der Waals surface area contributed by atoms with Crippen LogP contribution in [0.1, 0.15) is 24.3 Å². The second-order valence-electron chi connectivity index (χ2n) is 7.16. The zero-order chi connectivity index (χ0) is 17.0. The number of hydrogen-bond donors (Lipinski definition) is 1. The Morgan fingerprint density at radius 3 is 2.72 bits per heavy atom. The lowest BCUT2D eigenvalue weighted by atomic mass is 9.97. The van der Waals surface area contributed by atoms with Gasteiger partial charge in [0.15, 0.2) is 5.96 Å². The Hall–Kier alpha value is -0.470. The van der Waals surface area contributed by atoms with Crippen molar-refractivity contribution in [2.24, 2.45) is 4.99 Å². The topological polar surface area (TPSA) is 30.9 Å². The number of aliphatic imine (C=N–C) groups is 1. The summed E-state index contributed by atoms with van der Waals surface area (Å²) in [4.78, 5) is 9.37. The number of hydrogen-bond acceptors (Lipinski definition) is 3. The zero-order valence-corrected chi connectivity index (χ0v) is 18.7. The molecule has 6 heteroatoms. The van der Waals surface area contributed by atoms with Crippen molar-refractivity contribution in [2.75, 3.05) is 52.3 Å². The van der Waals surface area contributed by atoms with Crippen molar-refractivity contribution in [2.45, 2.75) is 24.3 Å². The highest BCUT2D eigenvalue weighted by atomic mass is 127. The molecule has 0 aliphatic carbocycles. The predicted octanol–water partition coefficient (Wildman–Crippen LogP) is 3.11. The molecule has 4 nitrogen and oxygen atoms in total. The number of halogens is 1. The number of nitrogens with one attached hydrogen (secondary N) is 1. The maximum absolute atomic E-state index is 4.56. The lowest BCUT2D eigenvalue weighted by Crippen LogP contribution is -2.55. The Balaban J connectivity index is 0.00000225. The van der Waals surface area contributed by atoms with Gasteiger partial charge in [0.1, 0.15) is 0 Å². The van der Waals surface area contributed by atoms with Gasteiger partial charge in [0.25, 0.3) is 0 Å². The SMILES string of the molecule is CN=C(NCC1(N(C)C)CCSC1)N1CCC(c2ccccc2)C1.I. The maximum Gasteiger partial charge on any atom is 0.193 e. The van der Waals surface area contributed by atoms with Gasteiger partial charge in [-0.1, -0.05) is 30.3 Å². The van der Waals surface area contributed by atoms with Gasteiger partial charge in [-0.15, -0.1) is 24.0 Å². The molecule has 0 aromatic heterocycles. The summed E-state index contributed by atoms with van der Waals surface area (Å²) >= 11 is 2.06. The zero-order valence-electron chi connectivity index (χ0n) is 15.6. The van der Waals surface area contributed by atoms with Crippen LogP contribution in [0.3, 0.4) is 0 Å². The van der Waals surface area contributed by atoms with Gasteiger partial charge < -0.3 is 15.1 Å². The van der Waals surface area contributed by atoms with E-state index in [1.54, 1.807) is 0 Å². The summed E-state index contributed by atoms with van der Waals surface area (Å²) in [5.74, 6) is 4.15. The Bertz CT molecular complexity index is 558. The number of rotatable bonds is 4. The summed E-state index contributed by atoms with van der Waals surface area (Å²) in [7, 11) is 6.32. The van der Waals surface area contributed by atoms with Gasteiger partial charge >= 0.3 is 0 Å². The summed E-state index contributed by atoms with van der Waals surface area (Å²) in [6.45, 7) is 3.13. The van der Waals surface area contributed by atoms with Crippen LogP contribution in [0.4, 0.5) is 0 Å². The van der Waals surface area contributed by atoms with E-state index in [0.717, 1.165) is 25.6 Å². The minimum absolute atomic E-state index is 0. The maximum atomic E-state index is 4.56. The van der Waals surface area contributed by atoms with Crippen LogP contribution in [0.2, 0.25) is 0 Å². The molecule has 1 aromatic rings. The fourth-order valence-electron chi connectivity index (χ4n) is 3.77. The molecule has 0 saturated carbocycles. The quantitative estimate of drug-likeness (QED) is 0.413. The highest BCUT2D eigenvalue weighted by Gasteiger charge is 2.37. The van der Waals surface area contributed by atoms with E-state index in [9.17, 15) is 0 Å². The lowest BCUT2D eigenvalue weighted by Gasteiger charge is -2.37. The molecular weight excluding hydrogens is 443 g/mol. The molecule has 0 radical (unpaired) electrons. The van der Waals surface area contributed by atoms with Crippen molar-refractivity contribution in [3.05, 3.63) is 35.9 Å². The summed E-state index contributed by atoms with van der Waals surface area (Å²) < 4.78 is 0. The fourth-order valence-corrected chi connectivity index (χ4v) is 5.33. The van der Waals surface area contributed by atoms with E-state index < -0.39 is 0 Å². The van der Waals surface area contributed by atoms with Gasteiger partial charge in [0.2, 0.25) is 0 Å². The number of guanidine groups is 1. The van der Waals surface area contributed by atoms with Crippen LogP contribution in [0.25, 0.3) is 0 Å². The molecule has 2 fully saturated rings. The molecule has 1 N–H and O–H groups in total. The molecule has 2 atom stereocenters. The summed E-state index contributed by atoms with van der Waals surface area (Å²) in [5, 5.41) is 3.67. The number of nitrogens with zero attached hydrogens (tertiary/aromatic N) is 3. The summed E-state index contributed by atoms with van der Waals surface area (Å²) in [5.41, 5.74) is 1.71. The fraction of sp³-hybridized carbons (Fsp3) is 0.632. The first-order chi connectivity index (χ1) is 11.6. The number of likely N-dealkylation sites (tertiary alicyclic amines) is 1. The monoisotopic (exact) mass is 474 g/mol. The Kier molecular flexibility index (Phi) is 7.89. The van der Waals surface area contributed by atoms with Gasteiger partial charge in [-0.05, 0) is 38.3 Å². The molecule has 0 bridgehead atoms. The molecule has 0 amide bonds. The normalized spacial score (nSPS) is 26.8. The molecule has 2 heterocycles. The Morgan fingerprint density at radius 2 is 2.12 bits per heavy atom. The van der Waals surface area contributed by atoms with Crippen molar-refractivity contribution in [3.8, 4) is 0 Å². The van der Waals surface area contributed by atoms with E-state index in [4.69, 9.17) is 0 Å². The molecule has 25 heavy (non-hydrogen) atoms. The number of benzene rings is 1. The summed E-state index contributed by atoms with van der Waals surface area (Å²) in [6, 6.07) is 10.9. The first-order valence-electron chi connectivity index (χ1n) is 8.90. The average molecular weight is 474 g/mol. The minimum Gasteiger partial charge on any atom is -0.354 e. The molecule has 2 unspecified atom stereocenters. The third-order valence-corrected chi connectivity index (χ3v) is 6.81. The number of likely N-dealkylation sites (N-methyl/N-ethyl adjacent to an activating group) is 1. The molecule has 140 valence electrons. The first kappa shape index (κ1) is 20.8. The van der Waals surface area contributed by atoms with Crippen LogP contribution in [0.5, 0.6) is 0 Å². The van der Waals surface area contributed by atoms with Gasteiger partial charge in [-0.25, -0.2) is 0 Å². The molecule has 2 aliphatic rings. The van der Waals surface area contributed by atoms with E-state index in [1.807, 2.05) is 7.05 Å². The van der Waals surface area contributed by atoms with Crippen LogP contribution in [0.15, 0.2) is 35.3 Å². The van der Waals surface area contributed by atoms with Crippen LogP contribution in [-0.4, -0.2) is 73.6 Å². The van der Waals surface area contributed by atoms with Crippen LogP contribution >= 0.6 is 35.7 Å². The van der Waals surface area contributed by atoms with Crippen molar-refractivity contribution < 1.29 is 0 Å². The summed E-state index contributed by atoms with van der Waals surface area (Å²) in [6.07, 6.45) is 2.46. The lowest BCUT2D eigenvalue weighted by molar-refractivity contribution is 0.181. The van der Waals surface area contributed by atoms with Crippen molar-refractivity contribution >= 4 is 41.7 Å². The van der Waals surface area contributed by atoms with Crippen LogP contribution in [-0.2, 0) is 0 Å². The standard InChI is InChI=1S/C19H30N4S.HI/c1-20-18(21-14-19(22(2)3)10-12-24-15-19)23-11-9-17(13-23)16-7-5-4-6-8-16;/h4-8,17H,9-15H2,1-3H3,(H,20,21);1H. The second-order valence-corrected chi connectivity index (χ2v) is 8.27. The van der Waals surface area contributed by atoms with Crippen molar-refractivity contribution in [1.29, 1.82) is 0 Å². The third kappa shape index (κ3) is 4.83. The van der Waals surface area contributed by atoms with Gasteiger partial charge in [-0.3, -0.25) is 4.99 Å². The Morgan fingerprint density at radius 1 is 1.36 bits per heavy atom. The molecule has 0 spiro atoms. The van der Waals surface area contributed by atoms with Gasteiger partial charge in [-0.2, -0.15) is 11.8 Å². The van der Waals surface area contributed by atoms with E-state index >= 15 is 0 Å². The second kappa shape index (κ2) is 9.46. The van der Waals surface area contributed by atoms with E-state index in [1.165, 1.54) is 29.9 Å². The number of thioether (sulfide) groups is 1. The van der Waals surface area contributed by atoms with Crippen molar-refractivity contribution in [3.63, 3.8) is 0 Å². The van der Waals surface area contributed by atoms with E-state index in [0.29, 0.717) is 5.92 Å². The van der Waals surface area contributed by atoms with Crippen LogP contribution < -0.4 is 5.32 Å². The highest BCUT2D eigenvalue weighted by Crippen LogP contribution is 2.32. The Labute approximate surface area is 173 Å². The third-order valence-electron chi connectivity index (χ3n) is 5.58. The van der Waals surface area contributed by atoms with E-state index in [2.05, 4.69) is 76.3 Å². The largest absolute Gasteiger partial charge is 0.354 e. The molecule has 3 rings (SSSR count). The first-order valence-corrected chi connectivity index (χ1v) is 10.1. The molecular formula is C19H31IN4S. The van der Waals surface area contributed by atoms with Crippen LogP contribution in [0, 0.1) is 0 Å². The van der Waals surface area contributed by atoms with Crippen molar-refractivity contribution in [1.82, 2.24) is 15.1 Å². The average Bonchev–Trinajstić information content (AvgIpc) is 3.27. The van der Waals surface area contributed by atoms with E-state index in [-0.39, 0.29) is 29.5 Å². The van der Waals surface area contributed by atoms with Gasteiger partial charge in [0, 0.05) is 43.9 Å². The molecule has 1 aromatic carbocycles. The van der Waals surface area contributed by atoms with Gasteiger partial charge in [0.05, 0.1) is 0 Å². The highest BCUT2D eigenvalue weighted by molar-refractivity contribution is 14.0. The minimum atomic E-state index is 0. The molecule has 2 aliphatic heterocycles. The molecule has 2 saturated heterocycles. The smallest absolute Gasteiger partial charge is 0.193 e. The predicted molar refractivity (Wildman–Crippen MR) is 121 cm³/mol.